The van der Waals surface area contributed by atoms with Crippen LogP contribution < -0.4 is 5.32 Å². The van der Waals surface area contributed by atoms with Gasteiger partial charge in [-0.3, -0.25) is 0 Å². The van der Waals surface area contributed by atoms with E-state index in [9.17, 15) is 18.0 Å². The Bertz CT molecular complexity index is 296. The summed E-state index contributed by atoms with van der Waals surface area (Å²) in [5, 5.41) is 1.91. The third-order valence-electron chi connectivity index (χ3n) is 3.18. The second-order valence-corrected chi connectivity index (χ2v) is 4.37. The molecule has 2 rings (SSSR count). The molecule has 2 aliphatic rings. The second kappa shape index (κ2) is 4.72. The molecule has 0 radical (unpaired) electrons. The third kappa shape index (κ3) is 3.02. The van der Waals surface area contributed by atoms with E-state index < -0.39 is 18.8 Å². The van der Waals surface area contributed by atoms with E-state index in [1.807, 2.05) is 5.32 Å². The van der Waals surface area contributed by atoms with E-state index in [1.54, 1.807) is 0 Å². The molecule has 0 unspecified atom stereocenters. The van der Waals surface area contributed by atoms with Gasteiger partial charge in [0.2, 0.25) is 0 Å². The maximum absolute atomic E-state index is 12.0. The minimum Gasteiger partial charge on any atom is -0.374 e. The fourth-order valence-corrected chi connectivity index (χ4v) is 2.46. The Labute approximate surface area is 97.1 Å². The number of amides is 2. The number of carbonyl (C=O) groups is 1. The third-order valence-corrected chi connectivity index (χ3v) is 3.18. The lowest BCUT2D eigenvalue weighted by Crippen LogP contribution is -2.55. The molecule has 1 aliphatic carbocycles. The average Bonchev–Trinajstić information content (AvgIpc) is 2.72. The van der Waals surface area contributed by atoms with Crippen LogP contribution >= 0.6 is 0 Å². The van der Waals surface area contributed by atoms with Gasteiger partial charge in [0.15, 0.2) is 0 Å². The molecule has 0 aromatic carbocycles. The molecule has 1 N–H and O–H groups in total. The molecule has 17 heavy (non-hydrogen) atoms. The minimum atomic E-state index is -4.36. The molecule has 0 aromatic rings. The zero-order chi connectivity index (χ0) is 12.5. The first kappa shape index (κ1) is 12.5. The number of hydrogen-bond donors (Lipinski definition) is 1. The van der Waals surface area contributed by atoms with E-state index in [1.165, 1.54) is 4.90 Å². The predicted molar refractivity (Wildman–Crippen MR) is 53.5 cm³/mol. The zero-order valence-electron chi connectivity index (χ0n) is 9.29. The van der Waals surface area contributed by atoms with Gasteiger partial charge in [0.1, 0.15) is 6.54 Å². The van der Waals surface area contributed by atoms with Crippen molar-refractivity contribution in [3.05, 3.63) is 0 Å². The Morgan fingerprint density at radius 1 is 1.41 bits per heavy atom. The topological polar surface area (TPSA) is 41.6 Å². The predicted octanol–water partition coefficient (Wildman–Crippen LogP) is 1.51. The highest BCUT2D eigenvalue weighted by Crippen LogP contribution is 2.29. The molecule has 1 heterocycles. The van der Waals surface area contributed by atoms with Crippen molar-refractivity contribution >= 4 is 6.03 Å². The summed E-state index contributed by atoms with van der Waals surface area (Å²) in [6.45, 7) is -0.508. The molecule has 2 fully saturated rings. The molecular weight excluding hydrogens is 237 g/mol. The Morgan fingerprint density at radius 2 is 2.18 bits per heavy atom. The molecule has 0 spiro atoms. The Morgan fingerprint density at radius 3 is 2.88 bits per heavy atom. The van der Waals surface area contributed by atoms with Crippen LogP contribution in [0.2, 0.25) is 0 Å². The molecule has 1 saturated heterocycles. The van der Waals surface area contributed by atoms with Crippen LogP contribution in [0, 0.1) is 0 Å². The fourth-order valence-electron chi connectivity index (χ4n) is 2.46. The average molecular weight is 252 g/mol. The van der Waals surface area contributed by atoms with Gasteiger partial charge < -0.3 is 15.0 Å². The molecular formula is C10H15F3N2O2. The summed E-state index contributed by atoms with van der Waals surface area (Å²) in [4.78, 5) is 13.1. The number of fused-ring (bicyclic) bond motifs is 1. The van der Waals surface area contributed by atoms with Gasteiger partial charge in [-0.1, -0.05) is 0 Å². The summed E-state index contributed by atoms with van der Waals surface area (Å²) in [5.41, 5.74) is 0. The van der Waals surface area contributed by atoms with Crippen molar-refractivity contribution in [1.82, 2.24) is 10.2 Å². The molecule has 7 heteroatoms. The number of rotatable bonds is 1. The van der Waals surface area contributed by atoms with Crippen molar-refractivity contribution in [1.29, 1.82) is 0 Å². The lowest BCUT2D eigenvalue weighted by Gasteiger charge is -2.37. The first-order valence-electron chi connectivity index (χ1n) is 5.70. The van der Waals surface area contributed by atoms with Gasteiger partial charge in [-0.15, -0.1) is 0 Å². The van der Waals surface area contributed by atoms with Crippen molar-refractivity contribution in [3.63, 3.8) is 0 Å². The van der Waals surface area contributed by atoms with Crippen molar-refractivity contribution in [3.8, 4) is 0 Å². The number of nitrogens with one attached hydrogen (secondary N) is 1. The van der Waals surface area contributed by atoms with E-state index in [4.69, 9.17) is 4.74 Å². The highest BCUT2D eigenvalue weighted by atomic mass is 19.4. The quantitative estimate of drug-likeness (QED) is 0.768. The van der Waals surface area contributed by atoms with E-state index in [0.717, 1.165) is 19.3 Å². The number of ether oxygens (including phenoxy) is 1. The Balaban J connectivity index is 1.90. The fraction of sp³-hybridized carbons (Fsp3) is 0.900. The van der Waals surface area contributed by atoms with Gasteiger partial charge in [0.25, 0.3) is 0 Å². The molecule has 1 saturated carbocycles. The number of morpholine rings is 1. The van der Waals surface area contributed by atoms with E-state index in [0.29, 0.717) is 13.2 Å². The number of urea groups is 1. The first-order valence-corrected chi connectivity index (χ1v) is 5.70. The second-order valence-electron chi connectivity index (χ2n) is 4.37. The lowest BCUT2D eigenvalue weighted by molar-refractivity contribution is -0.123. The van der Waals surface area contributed by atoms with Crippen molar-refractivity contribution in [2.75, 3.05) is 19.7 Å². The standard InChI is InChI=1S/C10H15F3N2O2/c11-10(12,13)6-14-9(16)15-4-5-17-8-3-1-2-7(8)15/h7-8H,1-6H2,(H,14,16)/t7-,8-/m0/s1. The number of carbonyl (C=O) groups excluding carboxylic acids is 1. The Kier molecular flexibility index (Phi) is 3.46. The highest BCUT2D eigenvalue weighted by molar-refractivity contribution is 5.74. The summed E-state index contributed by atoms with van der Waals surface area (Å²) in [5.74, 6) is 0. The van der Waals surface area contributed by atoms with E-state index >= 15 is 0 Å². The van der Waals surface area contributed by atoms with Crippen LogP contribution in [0.25, 0.3) is 0 Å². The van der Waals surface area contributed by atoms with Gasteiger partial charge in [0, 0.05) is 6.54 Å². The molecule has 98 valence electrons. The maximum atomic E-state index is 12.0. The van der Waals surface area contributed by atoms with Gasteiger partial charge in [0.05, 0.1) is 18.8 Å². The van der Waals surface area contributed by atoms with Gasteiger partial charge in [-0.25, -0.2) is 4.79 Å². The van der Waals surface area contributed by atoms with Crippen LogP contribution in [-0.2, 0) is 4.74 Å². The van der Waals surface area contributed by atoms with E-state index in [-0.39, 0.29) is 12.1 Å². The molecule has 2 amide bonds. The van der Waals surface area contributed by atoms with Crippen LogP contribution in [-0.4, -0.2) is 48.9 Å². The van der Waals surface area contributed by atoms with Gasteiger partial charge in [-0.2, -0.15) is 13.2 Å². The Hall–Kier alpha value is -0.980. The van der Waals surface area contributed by atoms with Crippen LogP contribution in [0.1, 0.15) is 19.3 Å². The molecule has 4 nitrogen and oxygen atoms in total. The lowest BCUT2D eigenvalue weighted by atomic mass is 10.1. The van der Waals surface area contributed by atoms with Crippen molar-refractivity contribution < 1.29 is 22.7 Å². The summed E-state index contributed by atoms with van der Waals surface area (Å²) in [6, 6.07) is -0.695. The highest BCUT2D eigenvalue weighted by Gasteiger charge is 2.39. The van der Waals surface area contributed by atoms with Crippen molar-refractivity contribution in [2.24, 2.45) is 0 Å². The van der Waals surface area contributed by atoms with Crippen LogP contribution in [0.3, 0.4) is 0 Å². The van der Waals surface area contributed by atoms with Crippen LogP contribution in [0.5, 0.6) is 0 Å². The summed E-state index contributed by atoms with van der Waals surface area (Å²) < 4.78 is 41.5. The minimum absolute atomic E-state index is 0.000358. The van der Waals surface area contributed by atoms with Crippen LogP contribution in [0.15, 0.2) is 0 Å². The SMILES string of the molecule is O=C(NCC(F)(F)F)N1CCO[C@H]2CCC[C@@H]21. The molecule has 0 bridgehead atoms. The number of halogens is 3. The maximum Gasteiger partial charge on any atom is 0.405 e. The summed E-state index contributed by atoms with van der Waals surface area (Å²) >= 11 is 0. The van der Waals surface area contributed by atoms with Gasteiger partial charge in [-0.05, 0) is 19.3 Å². The first-order chi connectivity index (χ1) is 7.97. The smallest absolute Gasteiger partial charge is 0.374 e. The summed E-state index contributed by atoms with van der Waals surface area (Å²) in [6.07, 6.45) is -1.71. The van der Waals surface area contributed by atoms with E-state index in [2.05, 4.69) is 0 Å². The number of hydrogen-bond acceptors (Lipinski definition) is 2. The molecule has 1 aliphatic heterocycles. The van der Waals surface area contributed by atoms with Crippen LogP contribution in [0.4, 0.5) is 18.0 Å². The summed E-state index contributed by atoms with van der Waals surface area (Å²) in [7, 11) is 0. The molecule has 2 atom stereocenters. The van der Waals surface area contributed by atoms with Gasteiger partial charge >= 0.3 is 12.2 Å². The number of alkyl halides is 3. The zero-order valence-corrected chi connectivity index (χ0v) is 9.29. The molecule has 0 aromatic heterocycles. The van der Waals surface area contributed by atoms with Crippen molar-refractivity contribution in [2.45, 2.75) is 37.6 Å². The largest absolute Gasteiger partial charge is 0.405 e. The monoisotopic (exact) mass is 252 g/mol. The normalized spacial score (nSPS) is 29.0. The number of nitrogens with zero attached hydrogens (tertiary/aromatic N) is 1.